The van der Waals surface area contributed by atoms with Crippen molar-refractivity contribution >= 4 is 27.5 Å². The third-order valence-electron chi connectivity index (χ3n) is 5.15. The van der Waals surface area contributed by atoms with Crippen LogP contribution in [-0.2, 0) is 26.2 Å². The first-order valence-corrected chi connectivity index (χ1v) is 13.1. The van der Waals surface area contributed by atoms with Gasteiger partial charge in [-0.3, -0.25) is 13.9 Å². The van der Waals surface area contributed by atoms with Crippen LogP contribution in [0.1, 0.15) is 38.8 Å². The van der Waals surface area contributed by atoms with Crippen molar-refractivity contribution in [2.24, 2.45) is 0 Å². The summed E-state index contributed by atoms with van der Waals surface area (Å²) in [6.07, 6.45) is 1.04. The maximum Gasteiger partial charge on any atom is 0.244 e. The zero-order valence-corrected chi connectivity index (χ0v) is 21.6. The summed E-state index contributed by atoms with van der Waals surface area (Å²) < 4.78 is 32.1. The second kappa shape index (κ2) is 11.9. The number of benzene rings is 2. The number of nitrogens with one attached hydrogen (secondary N) is 1. The summed E-state index contributed by atoms with van der Waals surface area (Å²) in [6, 6.07) is 13.4. The molecule has 0 heterocycles. The van der Waals surface area contributed by atoms with Crippen molar-refractivity contribution in [3.63, 3.8) is 0 Å². The molecule has 0 unspecified atom stereocenters. The minimum atomic E-state index is -3.83. The van der Waals surface area contributed by atoms with Crippen LogP contribution in [0.15, 0.2) is 48.5 Å². The molecular weight excluding hydrogens is 454 g/mol. The normalized spacial score (nSPS) is 12.2. The van der Waals surface area contributed by atoms with E-state index in [1.54, 1.807) is 38.1 Å². The standard InChI is InChI=1S/C25H35N3O5S/c1-7-33-23-14-9-8-13-22(23)28(34(6,31)32)17-24(29)27(20(5)25(30)26-18(2)3)16-21-12-10-11-19(4)15-21/h8-15,18,20H,7,16-17H2,1-6H3,(H,26,30)/t20-/m1/s1. The molecule has 2 rings (SSSR count). The predicted molar refractivity (Wildman–Crippen MR) is 134 cm³/mol. The predicted octanol–water partition coefficient (Wildman–Crippen LogP) is 3.10. The molecule has 2 aromatic rings. The van der Waals surface area contributed by atoms with E-state index in [9.17, 15) is 18.0 Å². The summed E-state index contributed by atoms with van der Waals surface area (Å²) in [5.74, 6) is -0.444. The molecule has 9 heteroatoms. The first-order chi connectivity index (χ1) is 15.9. The molecule has 0 aliphatic rings. The molecule has 0 saturated heterocycles. The van der Waals surface area contributed by atoms with Gasteiger partial charge in [-0.05, 0) is 52.3 Å². The van der Waals surface area contributed by atoms with Gasteiger partial charge in [-0.1, -0.05) is 42.0 Å². The van der Waals surface area contributed by atoms with E-state index in [0.717, 1.165) is 21.7 Å². The second-order valence-electron chi connectivity index (χ2n) is 8.52. The highest BCUT2D eigenvalue weighted by molar-refractivity contribution is 7.92. The Balaban J connectivity index is 2.44. The van der Waals surface area contributed by atoms with Gasteiger partial charge in [0, 0.05) is 12.6 Å². The fourth-order valence-corrected chi connectivity index (χ4v) is 4.38. The number of anilines is 1. The molecule has 0 aliphatic carbocycles. The smallest absolute Gasteiger partial charge is 0.244 e. The molecule has 0 aliphatic heterocycles. The molecular formula is C25H35N3O5S. The van der Waals surface area contributed by atoms with Crippen LogP contribution in [0, 0.1) is 6.92 Å². The maximum absolute atomic E-state index is 13.6. The molecule has 0 spiro atoms. The Kier molecular flexibility index (Phi) is 9.49. The summed E-state index contributed by atoms with van der Waals surface area (Å²) in [5.41, 5.74) is 2.14. The summed E-state index contributed by atoms with van der Waals surface area (Å²) in [6.45, 7) is 9.11. The first kappa shape index (κ1) is 27.2. The number of aryl methyl sites for hydroxylation is 1. The molecule has 0 aromatic heterocycles. The molecule has 34 heavy (non-hydrogen) atoms. The maximum atomic E-state index is 13.6. The monoisotopic (exact) mass is 489 g/mol. The quantitative estimate of drug-likeness (QED) is 0.523. The van der Waals surface area contributed by atoms with Crippen molar-refractivity contribution in [1.82, 2.24) is 10.2 Å². The zero-order valence-electron chi connectivity index (χ0n) is 20.7. The number of carbonyl (C=O) groups is 2. The third kappa shape index (κ3) is 7.48. The average Bonchev–Trinajstić information content (AvgIpc) is 2.75. The number of sulfonamides is 1. The Hall–Kier alpha value is -3.07. The van der Waals surface area contributed by atoms with E-state index >= 15 is 0 Å². The van der Waals surface area contributed by atoms with Crippen molar-refractivity contribution in [2.75, 3.05) is 23.7 Å². The topological polar surface area (TPSA) is 96.0 Å². The largest absolute Gasteiger partial charge is 0.492 e. The second-order valence-corrected chi connectivity index (χ2v) is 10.4. The molecule has 8 nitrogen and oxygen atoms in total. The van der Waals surface area contributed by atoms with Crippen LogP contribution in [0.25, 0.3) is 0 Å². The lowest BCUT2D eigenvalue weighted by atomic mass is 10.1. The lowest BCUT2D eigenvalue weighted by Gasteiger charge is -2.32. The van der Waals surface area contributed by atoms with Gasteiger partial charge in [0.15, 0.2) is 0 Å². The minimum absolute atomic E-state index is 0.101. The number of amides is 2. The van der Waals surface area contributed by atoms with E-state index in [0.29, 0.717) is 12.4 Å². The number of hydrogen-bond acceptors (Lipinski definition) is 5. The van der Waals surface area contributed by atoms with Crippen LogP contribution >= 0.6 is 0 Å². The number of para-hydroxylation sites is 2. The Morgan fingerprint density at radius 1 is 1.06 bits per heavy atom. The molecule has 1 atom stereocenters. The summed E-state index contributed by atoms with van der Waals surface area (Å²) in [4.78, 5) is 27.8. The van der Waals surface area contributed by atoms with Crippen LogP contribution in [0.4, 0.5) is 5.69 Å². The highest BCUT2D eigenvalue weighted by Gasteiger charge is 2.31. The zero-order chi connectivity index (χ0) is 25.5. The Bertz CT molecular complexity index is 1100. The van der Waals surface area contributed by atoms with Crippen LogP contribution in [0.2, 0.25) is 0 Å². The van der Waals surface area contributed by atoms with E-state index in [1.807, 2.05) is 45.0 Å². The van der Waals surface area contributed by atoms with E-state index in [1.165, 1.54) is 4.90 Å². The van der Waals surface area contributed by atoms with Crippen molar-refractivity contribution in [3.8, 4) is 5.75 Å². The molecule has 0 bridgehead atoms. The van der Waals surface area contributed by atoms with Gasteiger partial charge in [0.1, 0.15) is 18.3 Å². The van der Waals surface area contributed by atoms with Crippen molar-refractivity contribution in [2.45, 2.75) is 53.2 Å². The molecule has 2 aromatic carbocycles. The fourth-order valence-electron chi connectivity index (χ4n) is 3.53. The van der Waals surface area contributed by atoms with Crippen molar-refractivity contribution in [1.29, 1.82) is 0 Å². The molecule has 186 valence electrons. The van der Waals surface area contributed by atoms with Crippen LogP contribution < -0.4 is 14.4 Å². The van der Waals surface area contributed by atoms with Gasteiger partial charge in [0.25, 0.3) is 0 Å². The van der Waals surface area contributed by atoms with Gasteiger partial charge in [0.05, 0.1) is 18.6 Å². The molecule has 0 radical (unpaired) electrons. The van der Waals surface area contributed by atoms with Gasteiger partial charge in [-0.2, -0.15) is 0 Å². The number of carbonyl (C=O) groups excluding carboxylic acids is 2. The van der Waals surface area contributed by atoms with E-state index in [4.69, 9.17) is 4.74 Å². The number of ether oxygens (including phenoxy) is 1. The van der Waals surface area contributed by atoms with Crippen molar-refractivity contribution in [3.05, 3.63) is 59.7 Å². The van der Waals surface area contributed by atoms with E-state index in [-0.39, 0.29) is 24.2 Å². The third-order valence-corrected chi connectivity index (χ3v) is 6.27. The molecule has 0 saturated carbocycles. The Labute approximate surface area is 202 Å². The molecule has 1 N–H and O–H groups in total. The number of nitrogens with zero attached hydrogens (tertiary/aromatic N) is 2. The highest BCUT2D eigenvalue weighted by atomic mass is 32.2. The van der Waals surface area contributed by atoms with Crippen LogP contribution in [-0.4, -0.2) is 56.6 Å². The lowest BCUT2D eigenvalue weighted by Crippen LogP contribution is -2.52. The summed E-state index contributed by atoms with van der Waals surface area (Å²) >= 11 is 0. The minimum Gasteiger partial charge on any atom is -0.492 e. The Morgan fingerprint density at radius 3 is 2.32 bits per heavy atom. The molecule has 0 fully saturated rings. The average molecular weight is 490 g/mol. The summed E-state index contributed by atoms with van der Waals surface area (Å²) in [7, 11) is -3.83. The van der Waals surface area contributed by atoms with E-state index < -0.39 is 28.5 Å². The summed E-state index contributed by atoms with van der Waals surface area (Å²) in [5, 5.41) is 2.83. The van der Waals surface area contributed by atoms with Crippen molar-refractivity contribution < 1.29 is 22.7 Å². The van der Waals surface area contributed by atoms with Gasteiger partial charge >= 0.3 is 0 Å². The SMILES string of the molecule is CCOc1ccccc1N(CC(=O)N(Cc1cccc(C)c1)[C@H](C)C(=O)NC(C)C)S(C)(=O)=O. The lowest BCUT2D eigenvalue weighted by molar-refractivity contribution is -0.139. The number of hydrogen-bond donors (Lipinski definition) is 1. The van der Waals surface area contributed by atoms with E-state index in [2.05, 4.69) is 5.32 Å². The molecule has 2 amide bonds. The van der Waals surface area contributed by atoms with Crippen LogP contribution in [0.3, 0.4) is 0 Å². The van der Waals surface area contributed by atoms with Crippen LogP contribution in [0.5, 0.6) is 5.75 Å². The van der Waals surface area contributed by atoms with Gasteiger partial charge in [0.2, 0.25) is 21.8 Å². The van der Waals surface area contributed by atoms with Gasteiger partial charge in [-0.15, -0.1) is 0 Å². The number of rotatable bonds is 11. The fraction of sp³-hybridized carbons (Fsp3) is 0.440. The Morgan fingerprint density at radius 2 is 1.74 bits per heavy atom. The first-order valence-electron chi connectivity index (χ1n) is 11.3. The van der Waals surface area contributed by atoms with Gasteiger partial charge < -0.3 is 15.0 Å². The van der Waals surface area contributed by atoms with Gasteiger partial charge in [-0.25, -0.2) is 8.42 Å². The highest BCUT2D eigenvalue weighted by Crippen LogP contribution is 2.30.